The number of carbonyl (C=O) groups excluding carboxylic acids is 1. The molecule has 0 aromatic carbocycles. The molecule has 0 unspecified atom stereocenters. The second kappa shape index (κ2) is 4.77. The molecule has 1 spiro atoms. The highest BCUT2D eigenvalue weighted by Gasteiger charge is 2.43. The zero-order valence-electron chi connectivity index (χ0n) is 9.19. The monoisotopic (exact) mass is 333 g/mol. The van der Waals surface area contributed by atoms with Gasteiger partial charge in [0, 0.05) is 12.7 Å². The highest BCUT2D eigenvalue weighted by Crippen LogP contribution is 2.40. The first-order valence-electron chi connectivity index (χ1n) is 5.62. The van der Waals surface area contributed by atoms with E-state index >= 15 is 0 Å². The van der Waals surface area contributed by atoms with Gasteiger partial charge in [0.15, 0.2) is 0 Å². The van der Waals surface area contributed by atoms with E-state index in [0.29, 0.717) is 10.5 Å². The van der Waals surface area contributed by atoms with Gasteiger partial charge < -0.3 is 4.74 Å². The molecule has 16 heavy (non-hydrogen) atoms. The second-order valence-corrected chi connectivity index (χ2v) is 5.80. The van der Waals surface area contributed by atoms with Crippen LogP contribution in [0.25, 0.3) is 0 Å². The van der Waals surface area contributed by atoms with E-state index in [-0.39, 0.29) is 11.7 Å². The number of ether oxygens (including phenoxy) is 1. The fraction of sp³-hybridized carbons (Fsp3) is 0.583. The van der Waals surface area contributed by atoms with Crippen LogP contribution >= 0.6 is 22.6 Å². The first-order chi connectivity index (χ1) is 7.68. The number of hydrogen-bond acceptors (Lipinski definition) is 2. The zero-order chi connectivity index (χ0) is 11.6. The summed E-state index contributed by atoms with van der Waals surface area (Å²) in [6.45, 7) is 4.13. The summed E-state index contributed by atoms with van der Waals surface area (Å²) < 4.78 is 6.03. The summed E-state index contributed by atoms with van der Waals surface area (Å²) in [4.78, 5) is 13.4. The van der Waals surface area contributed by atoms with Crippen LogP contribution in [-0.2, 0) is 4.74 Å². The average Bonchev–Trinajstić information content (AvgIpc) is 2.27. The second-order valence-electron chi connectivity index (χ2n) is 4.29. The normalized spacial score (nSPS) is 33.9. The standard InChI is InChI=1S/C12H16INO2/c1-2-8-14-9-7-12(16-11(14)15)6-4-3-5-10(12)13/h2,7,9-10H,1,3-6,8H2/t10-,12+/m1/s1. The summed E-state index contributed by atoms with van der Waals surface area (Å²) in [5.41, 5.74) is -0.354. The van der Waals surface area contributed by atoms with Gasteiger partial charge in [-0.2, -0.15) is 0 Å². The third-order valence-electron chi connectivity index (χ3n) is 3.18. The number of alkyl halides is 1. The Labute approximate surface area is 110 Å². The van der Waals surface area contributed by atoms with Gasteiger partial charge in [0.2, 0.25) is 0 Å². The lowest BCUT2D eigenvalue weighted by Gasteiger charge is -2.42. The number of halogens is 1. The third-order valence-corrected chi connectivity index (χ3v) is 4.86. The molecule has 1 heterocycles. The van der Waals surface area contributed by atoms with Crippen LogP contribution in [0.5, 0.6) is 0 Å². The SMILES string of the molecule is C=CCN1C=C[C@]2(CCCC[C@H]2I)OC1=O. The molecule has 1 amide bonds. The van der Waals surface area contributed by atoms with Crippen LogP contribution in [0.4, 0.5) is 4.79 Å². The summed E-state index contributed by atoms with van der Waals surface area (Å²) in [5, 5.41) is 0. The van der Waals surface area contributed by atoms with Crippen LogP contribution in [0, 0.1) is 0 Å². The highest BCUT2D eigenvalue weighted by molar-refractivity contribution is 14.1. The van der Waals surface area contributed by atoms with Gasteiger partial charge in [0.1, 0.15) is 5.60 Å². The van der Waals surface area contributed by atoms with Crippen molar-refractivity contribution in [2.75, 3.05) is 6.54 Å². The summed E-state index contributed by atoms with van der Waals surface area (Å²) >= 11 is 2.40. The molecule has 4 heteroatoms. The lowest BCUT2D eigenvalue weighted by atomic mass is 9.84. The fourth-order valence-electron chi connectivity index (χ4n) is 2.24. The molecule has 1 saturated carbocycles. The van der Waals surface area contributed by atoms with Gasteiger partial charge >= 0.3 is 6.09 Å². The molecule has 2 aliphatic rings. The molecule has 1 fully saturated rings. The van der Waals surface area contributed by atoms with Crippen LogP contribution in [0.1, 0.15) is 25.7 Å². The number of amides is 1. The van der Waals surface area contributed by atoms with Crippen LogP contribution < -0.4 is 0 Å². The minimum absolute atomic E-state index is 0.244. The van der Waals surface area contributed by atoms with Crippen LogP contribution in [0.15, 0.2) is 24.9 Å². The maximum atomic E-state index is 11.8. The Morgan fingerprint density at radius 2 is 2.50 bits per heavy atom. The smallest absolute Gasteiger partial charge is 0.415 e. The van der Waals surface area contributed by atoms with E-state index in [0.717, 1.165) is 19.3 Å². The van der Waals surface area contributed by atoms with Crippen molar-refractivity contribution in [2.24, 2.45) is 0 Å². The molecule has 1 aliphatic carbocycles. The first kappa shape index (κ1) is 12.0. The van der Waals surface area contributed by atoms with E-state index in [1.807, 2.05) is 12.3 Å². The number of nitrogens with zero attached hydrogens (tertiary/aromatic N) is 1. The van der Waals surface area contributed by atoms with E-state index in [2.05, 4.69) is 29.2 Å². The molecular weight excluding hydrogens is 317 g/mol. The summed E-state index contributed by atoms with van der Waals surface area (Å²) in [6.07, 6.45) is 9.80. The Morgan fingerprint density at radius 1 is 1.69 bits per heavy atom. The van der Waals surface area contributed by atoms with Crippen molar-refractivity contribution in [3.8, 4) is 0 Å². The number of carbonyl (C=O) groups is 1. The quantitative estimate of drug-likeness (QED) is 0.441. The van der Waals surface area contributed by atoms with Crippen molar-refractivity contribution in [3.05, 3.63) is 24.9 Å². The van der Waals surface area contributed by atoms with Gasteiger partial charge in [-0.1, -0.05) is 35.1 Å². The highest BCUT2D eigenvalue weighted by atomic mass is 127. The van der Waals surface area contributed by atoms with E-state index in [4.69, 9.17) is 4.74 Å². The molecule has 0 aromatic rings. The summed E-state index contributed by atoms with van der Waals surface area (Å²) in [5.74, 6) is 0. The predicted molar refractivity (Wildman–Crippen MR) is 71.5 cm³/mol. The maximum absolute atomic E-state index is 11.8. The Hall–Kier alpha value is -0.520. The number of rotatable bonds is 2. The van der Waals surface area contributed by atoms with Crippen molar-refractivity contribution in [2.45, 2.75) is 35.2 Å². The van der Waals surface area contributed by atoms with Crippen molar-refractivity contribution < 1.29 is 9.53 Å². The molecule has 3 nitrogen and oxygen atoms in total. The first-order valence-corrected chi connectivity index (χ1v) is 6.86. The third kappa shape index (κ3) is 2.12. The van der Waals surface area contributed by atoms with Crippen molar-refractivity contribution in [1.29, 1.82) is 0 Å². The van der Waals surface area contributed by atoms with Crippen molar-refractivity contribution in [3.63, 3.8) is 0 Å². The van der Waals surface area contributed by atoms with Gasteiger partial charge in [-0.05, 0) is 25.3 Å². The lowest BCUT2D eigenvalue weighted by molar-refractivity contribution is 0.00360. The fourth-order valence-corrected chi connectivity index (χ4v) is 3.32. The molecule has 2 rings (SSSR count). The Balaban J connectivity index is 2.17. The summed E-state index contributed by atoms with van der Waals surface area (Å²) in [6, 6.07) is 0. The lowest BCUT2D eigenvalue weighted by Crippen LogP contribution is -2.49. The Bertz CT molecular complexity index is 329. The molecular formula is C12H16INO2. The minimum Gasteiger partial charge on any atom is -0.437 e. The van der Waals surface area contributed by atoms with E-state index in [1.165, 1.54) is 6.42 Å². The van der Waals surface area contributed by atoms with Crippen molar-refractivity contribution in [1.82, 2.24) is 4.90 Å². The van der Waals surface area contributed by atoms with Gasteiger partial charge in [-0.3, -0.25) is 4.90 Å². The maximum Gasteiger partial charge on any atom is 0.415 e. The molecule has 0 bridgehead atoms. The van der Waals surface area contributed by atoms with Gasteiger partial charge in [-0.25, -0.2) is 4.79 Å². The molecule has 1 aliphatic heterocycles. The molecule has 0 radical (unpaired) electrons. The van der Waals surface area contributed by atoms with Crippen LogP contribution in [0.2, 0.25) is 0 Å². The topological polar surface area (TPSA) is 29.5 Å². The van der Waals surface area contributed by atoms with Gasteiger partial charge in [-0.15, -0.1) is 6.58 Å². The predicted octanol–water partition coefficient (Wildman–Crippen LogP) is 3.25. The zero-order valence-corrected chi connectivity index (χ0v) is 11.4. The van der Waals surface area contributed by atoms with Gasteiger partial charge in [0.05, 0.1) is 3.92 Å². The average molecular weight is 333 g/mol. The molecule has 0 aromatic heterocycles. The summed E-state index contributed by atoms with van der Waals surface area (Å²) in [7, 11) is 0. The Kier molecular flexibility index (Phi) is 3.56. The van der Waals surface area contributed by atoms with Crippen molar-refractivity contribution >= 4 is 28.7 Å². The van der Waals surface area contributed by atoms with E-state index < -0.39 is 0 Å². The van der Waals surface area contributed by atoms with Crippen LogP contribution in [-0.4, -0.2) is 27.1 Å². The number of hydrogen-bond donors (Lipinski definition) is 0. The van der Waals surface area contributed by atoms with E-state index in [9.17, 15) is 4.79 Å². The molecule has 0 N–H and O–H groups in total. The minimum atomic E-state index is -0.354. The Morgan fingerprint density at radius 3 is 3.12 bits per heavy atom. The molecule has 2 atom stereocenters. The molecule has 88 valence electrons. The van der Waals surface area contributed by atoms with E-state index in [1.54, 1.807) is 11.0 Å². The molecule has 0 saturated heterocycles. The van der Waals surface area contributed by atoms with Gasteiger partial charge in [0.25, 0.3) is 0 Å². The largest absolute Gasteiger partial charge is 0.437 e. The van der Waals surface area contributed by atoms with Crippen LogP contribution in [0.3, 0.4) is 0 Å².